The maximum Gasteiger partial charge on any atom is 0.353 e. The van der Waals surface area contributed by atoms with Crippen molar-refractivity contribution in [2.24, 2.45) is 5.92 Å². The second-order valence-electron chi connectivity index (χ2n) is 6.80. The smallest absolute Gasteiger partial charge is 0.353 e. The van der Waals surface area contributed by atoms with Gasteiger partial charge in [-0.25, -0.2) is 4.79 Å². The van der Waals surface area contributed by atoms with Gasteiger partial charge in [-0.2, -0.15) is 0 Å². The molecular formula is C16H22N4O5S. The monoisotopic (exact) mass is 382 g/mol. The number of rotatable bonds is 5. The van der Waals surface area contributed by atoms with Crippen LogP contribution in [-0.2, 0) is 14.4 Å². The van der Waals surface area contributed by atoms with Gasteiger partial charge in [-0.15, -0.1) is 11.8 Å². The summed E-state index contributed by atoms with van der Waals surface area (Å²) < 4.78 is 0. The fourth-order valence-electron chi connectivity index (χ4n) is 3.60. The average molecular weight is 382 g/mol. The largest absolute Gasteiger partial charge is 0.477 e. The van der Waals surface area contributed by atoms with Gasteiger partial charge in [0.15, 0.2) is 0 Å². The van der Waals surface area contributed by atoms with Gasteiger partial charge in [0.05, 0.1) is 30.4 Å². The van der Waals surface area contributed by atoms with E-state index in [9.17, 15) is 24.6 Å². The van der Waals surface area contributed by atoms with Crippen LogP contribution in [0.4, 0.5) is 0 Å². The summed E-state index contributed by atoms with van der Waals surface area (Å²) in [7, 11) is 1.72. The zero-order chi connectivity index (χ0) is 19.2. The zero-order valence-corrected chi connectivity index (χ0v) is 15.5. The maximum atomic E-state index is 12.2. The number of hydrogen-bond acceptors (Lipinski definition) is 6. The number of carboxylic acid groups (broad SMARTS) is 1. The number of amidine groups is 1. The van der Waals surface area contributed by atoms with Gasteiger partial charge in [0.1, 0.15) is 11.5 Å². The van der Waals surface area contributed by atoms with E-state index in [4.69, 9.17) is 5.41 Å². The molecule has 0 unspecified atom stereocenters. The molecule has 0 bridgehead atoms. The first-order chi connectivity index (χ1) is 12.2. The van der Waals surface area contributed by atoms with Crippen LogP contribution >= 0.6 is 11.8 Å². The topological polar surface area (TPSA) is 125 Å². The first kappa shape index (κ1) is 18.7. The fraction of sp³-hybridized carbons (Fsp3) is 0.625. The van der Waals surface area contributed by atoms with Crippen molar-refractivity contribution in [3.8, 4) is 0 Å². The van der Waals surface area contributed by atoms with Crippen LogP contribution < -0.4 is 0 Å². The van der Waals surface area contributed by atoms with Crippen molar-refractivity contribution in [1.29, 1.82) is 5.41 Å². The van der Waals surface area contributed by atoms with Crippen LogP contribution in [0, 0.1) is 11.3 Å². The number of fused-ring (bicyclic) bond motifs is 1. The number of hydrogen-bond donors (Lipinski definition) is 3. The first-order valence-corrected chi connectivity index (χ1v) is 9.37. The average Bonchev–Trinajstić information content (AvgIpc) is 2.89. The van der Waals surface area contributed by atoms with Crippen molar-refractivity contribution in [1.82, 2.24) is 14.7 Å². The van der Waals surface area contributed by atoms with Crippen LogP contribution in [0.2, 0.25) is 0 Å². The van der Waals surface area contributed by atoms with Crippen molar-refractivity contribution in [2.75, 3.05) is 32.4 Å². The van der Waals surface area contributed by atoms with E-state index in [1.54, 1.807) is 16.8 Å². The fourth-order valence-corrected chi connectivity index (χ4v) is 4.70. The van der Waals surface area contributed by atoms with Crippen molar-refractivity contribution >= 4 is 35.4 Å². The summed E-state index contributed by atoms with van der Waals surface area (Å²) in [5, 5.41) is 27.4. The van der Waals surface area contributed by atoms with E-state index in [1.807, 2.05) is 0 Å². The van der Waals surface area contributed by atoms with Crippen LogP contribution in [0.25, 0.3) is 0 Å². The molecule has 0 radical (unpaired) electrons. The summed E-state index contributed by atoms with van der Waals surface area (Å²) in [5.74, 6) is -1.66. The number of aliphatic hydroxyl groups is 1. The molecule has 0 aromatic carbocycles. The summed E-state index contributed by atoms with van der Waals surface area (Å²) >= 11 is 1.22. The minimum atomic E-state index is -1.17. The summed E-state index contributed by atoms with van der Waals surface area (Å²) in [6.07, 6.45) is -0.444. The molecule has 2 amide bonds. The lowest BCUT2D eigenvalue weighted by Gasteiger charge is -2.44. The van der Waals surface area contributed by atoms with Gasteiger partial charge in [0.2, 0.25) is 11.8 Å². The molecule has 9 nitrogen and oxygen atoms in total. The Morgan fingerprint density at radius 1 is 1.38 bits per heavy atom. The predicted molar refractivity (Wildman–Crippen MR) is 94.5 cm³/mol. The molecule has 0 aliphatic carbocycles. The molecule has 3 N–H and O–H groups in total. The third-order valence-corrected chi connectivity index (χ3v) is 6.24. The van der Waals surface area contributed by atoms with Gasteiger partial charge in [-0.1, -0.05) is 0 Å². The molecule has 10 heteroatoms. The molecule has 2 fully saturated rings. The maximum absolute atomic E-state index is 12.2. The van der Waals surface area contributed by atoms with E-state index in [-0.39, 0.29) is 41.7 Å². The Labute approximate surface area is 155 Å². The van der Waals surface area contributed by atoms with Crippen molar-refractivity contribution in [3.63, 3.8) is 0 Å². The number of aliphatic hydroxyl groups excluding tert-OH is 1. The normalized spacial score (nSPS) is 26.8. The SMILES string of the molecule is C[C@@H](O)[C@H]1C(=O)N2C(C(=O)O)=C(SCC(=N)N3CCN(C)C(=O)C3)C[C@H]12. The molecule has 0 saturated carbocycles. The van der Waals surface area contributed by atoms with Gasteiger partial charge < -0.3 is 24.9 Å². The number of carboxylic acids is 1. The molecule has 3 aliphatic rings. The van der Waals surface area contributed by atoms with Gasteiger partial charge in [0.25, 0.3) is 0 Å². The Bertz CT molecular complexity index is 707. The third kappa shape index (κ3) is 3.07. The number of aliphatic carboxylic acids is 1. The first-order valence-electron chi connectivity index (χ1n) is 8.39. The standard InChI is InChI=1S/C16H22N4O5S/c1-8(21)13-9-5-10(14(16(24)25)20(9)15(13)23)26-7-11(17)19-4-3-18(2)12(22)6-19/h8-9,13,17,21H,3-7H2,1-2H3,(H,24,25)/t8-,9-,13-/m1/s1. The second-order valence-corrected chi connectivity index (χ2v) is 7.87. The lowest BCUT2D eigenvalue weighted by Crippen LogP contribution is -2.61. The second kappa shape index (κ2) is 6.92. The Kier molecular flexibility index (Phi) is 4.98. The van der Waals surface area contributed by atoms with E-state index in [1.165, 1.54) is 23.6 Å². The highest BCUT2D eigenvalue weighted by Crippen LogP contribution is 2.47. The zero-order valence-electron chi connectivity index (χ0n) is 14.6. The number of thioether (sulfide) groups is 1. The number of likely N-dealkylation sites (N-methyl/N-ethyl adjacent to an activating group) is 1. The summed E-state index contributed by atoms with van der Waals surface area (Å²) in [6, 6.07) is -0.324. The van der Waals surface area contributed by atoms with Crippen LogP contribution in [0.3, 0.4) is 0 Å². The molecule has 0 aromatic heterocycles. The van der Waals surface area contributed by atoms with Crippen molar-refractivity contribution in [2.45, 2.75) is 25.5 Å². The summed E-state index contributed by atoms with van der Waals surface area (Å²) in [5.41, 5.74) is -0.0378. The Balaban J connectivity index is 1.66. The Hall–Kier alpha value is -2.07. The van der Waals surface area contributed by atoms with Gasteiger partial charge in [-0.3, -0.25) is 15.0 Å². The van der Waals surface area contributed by atoms with E-state index in [0.717, 1.165) is 0 Å². The van der Waals surface area contributed by atoms with Crippen LogP contribution in [0.15, 0.2) is 10.6 Å². The van der Waals surface area contributed by atoms with Gasteiger partial charge in [-0.05, 0) is 6.92 Å². The summed E-state index contributed by atoms with van der Waals surface area (Å²) in [4.78, 5) is 40.6. The highest BCUT2D eigenvalue weighted by molar-refractivity contribution is 8.03. The molecule has 3 atom stereocenters. The lowest BCUT2D eigenvalue weighted by molar-refractivity contribution is -0.161. The highest BCUT2D eigenvalue weighted by Gasteiger charge is 2.56. The number of carbonyl (C=O) groups is 3. The lowest BCUT2D eigenvalue weighted by atomic mass is 9.83. The van der Waals surface area contributed by atoms with Crippen molar-refractivity contribution in [3.05, 3.63) is 10.6 Å². The number of nitrogens with zero attached hydrogens (tertiary/aromatic N) is 3. The van der Waals surface area contributed by atoms with E-state index >= 15 is 0 Å². The number of β-lactam (4-membered cyclic amide) rings is 1. The van der Waals surface area contributed by atoms with Crippen molar-refractivity contribution < 1.29 is 24.6 Å². The number of carbonyl (C=O) groups excluding carboxylic acids is 2. The number of nitrogens with one attached hydrogen (secondary N) is 1. The molecule has 26 heavy (non-hydrogen) atoms. The van der Waals surface area contributed by atoms with E-state index < -0.39 is 18.0 Å². The molecule has 0 spiro atoms. The molecule has 0 aromatic rings. The number of piperazine rings is 1. The molecular weight excluding hydrogens is 360 g/mol. The Morgan fingerprint density at radius 2 is 2.08 bits per heavy atom. The van der Waals surface area contributed by atoms with Crippen LogP contribution in [0.5, 0.6) is 0 Å². The molecule has 3 aliphatic heterocycles. The Morgan fingerprint density at radius 3 is 2.65 bits per heavy atom. The number of amides is 2. The highest BCUT2D eigenvalue weighted by atomic mass is 32.2. The van der Waals surface area contributed by atoms with Gasteiger partial charge >= 0.3 is 5.97 Å². The molecule has 3 rings (SSSR count). The molecule has 3 heterocycles. The van der Waals surface area contributed by atoms with Crippen LogP contribution in [0.1, 0.15) is 13.3 Å². The van der Waals surface area contributed by atoms with E-state index in [2.05, 4.69) is 0 Å². The molecule has 142 valence electrons. The van der Waals surface area contributed by atoms with Crippen LogP contribution in [-0.4, -0.2) is 93.1 Å². The summed E-state index contributed by atoms with van der Waals surface area (Å²) in [6.45, 7) is 2.81. The predicted octanol–water partition coefficient (Wildman–Crippen LogP) is -0.621. The quantitative estimate of drug-likeness (QED) is 0.329. The van der Waals surface area contributed by atoms with E-state index in [0.29, 0.717) is 24.4 Å². The minimum absolute atomic E-state index is 0.0378. The molecule has 2 saturated heterocycles. The minimum Gasteiger partial charge on any atom is -0.477 e. The third-order valence-electron chi connectivity index (χ3n) is 5.11. The van der Waals surface area contributed by atoms with Gasteiger partial charge in [0, 0.05) is 31.5 Å².